The van der Waals surface area contributed by atoms with Gasteiger partial charge in [0, 0.05) is 14.1 Å². The Morgan fingerprint density at radius 1 is 1.20 bits per heavy atom. The minimum absolute atomic E-state index is 0.289. The van der Waals surface area contributed by atoms with Crippen LogP contribution in [-0.4, -0.2) is 49.7 Å². The van der Waals surface area contributed by atoms with Crippen LogP contribution in [0.25, 0.3) is 0 Å². The zero-order valence-corrected chi connectivity index (χ0v) is 11.7. The van der Waals surface area contributed by atoms with Gasteiger partial charge in [-0.05, 0) is 19.1 Å². The number of nitrogens with zero attached hydrogens (tertiary/aromatic N) is 1. The molecule has 0 aliphatic carbocycles. The smallest absolute Gasteiger partial charge is 0.351 e. The van der Waals surface area contributed by atoms with E-state index in [1.54, 1.807) is 39.2 Å². The number of carbonyl (C=O) groups excluding carboxylic acids is 2. The molecule has 1 aromatic rings. The largest absolute Gasteiger partial charge is 0.482 e. The lowest BCUT2D eigenvalue weighted by Crippen LogP contribution is -2.45. The molecule has 1 amide bonds. The first-order chi connectivity index (χ1) is 9.49. The van der Waals surface area contributed by atoms with Crippen LogP contribution in [0.4, 0.5) is 0 Å². The van der Waals surface area contributed by atoms with Crippen LogP contribution >= 0.6 is 0 Å². The van der Waals surface area contributed by atoms with E-state index < -0.39 is 18.2 Å². The Bertz CT molecular complexity index is 514. The number of fused-ring (bicyclic) bond motifs is 1. The van der Waals surface area contributed by atoms with Gasteiger partial charge in [0.25, 0.3) is 5.91 Å². The Hall–Kier alpha value is -2.24. The maximum absolute atomic E-state index is 11.9. The highest BCUT2D eigenvalue weighted by molar-refractivity contribution is 5.82. The Morgan fingerprint density at radius 2 is 1.80 bits per heavy atom. The minimum atomic E-state index is -0.875. The van der Waals surface area contributed by atoms with E-state index in [1.807, 2.05) is 6.07 Å². The van der Waals surface area contributed by atoms with Crippen molar-refractivity contribution in [1.82, 2.24) is 4.90 Å². The zero-order valence-electron chi connectivity index (χ0n) is 11.7. The molecule has 0 spiro atoms. The quantitative estimate of drug-likeness (QED) is 0.767. The summed E-state index contributed by atoms with van der Waals surface area (Å²) in [7, 11) is 3.19. The average molecular weight is 279 g/mol. The van der Waals surface area contributed by atoms with Crippen molar-refractivity contribution in [3.63, 3.8) is 0 Å². The fraction of sp³-hybridized carbons (Fsp3) is 0.429. The van der Waals surface area contributed by atoms with E-state index >= 15 is 0 Å². The second-order valence-corrected chi connectivity index (χ2v) is 4.70. The second kappa shape index (κ2) is 5.81. The molecule has 2 rings (SSSR count). The molecular weight excluding hydrogens is 262 g/mol. The first-order valence-corrected chi connectivity index (χ1v) is 6.28. The molecule has 2 atom stereocenters. The number of amides is 1. The summed E-state index contributed by atoms with van der Waals surface area (Å²) in [5.74, 6) is 0.185. The molecular formula is C14H17NO5. The number of hydrogen-bond donors (Lipinski definition) is 0. The molecule has 0 saturated heterocycles. The van der Waals surface area contributed by atoms with Crippen molar-refractivity contribution in [3.05, 3.63) is 24.3 Å². The van der Waals surface area contributed by atoms with Crippen molar-refractivity contribution in [2.45, 2.75) is 19.1 Å². The van der Waals surface area contributed by atoms with Gasteiger partial charge in [-0.3, -0.25) is 4.79 Å². The molecule has 1 aliphatic heterocycles. The predicted octanol–water partition coefficient (Wildman–Crippen LogP) is 0.846. The Kier molecular flexibility index (Phi) is 4.12. The fourth-order valence-electron chi connectivity index (χ4n) is 1.72. The molecule has 0 aromatic heterocycles. The molecule has 1 aliphatic rings. The van der Waals surface area contributed by atoms with Crippen molar-refractivity contribution in [1.29, 1.82) is 0 Å². The molecule has 20 heavy (non-hydrogen) atoms. The number of para-hydroxylation sites is 2. The average Bonchev–Trinajstić information content (AvgIpc) is 2.43. The van der Waals surface area contributed by atoms with Crippen molar-refractivity contribution in [2.24, 2.45) is 0 Å². The number of rotatable bonds is 3. The van der Waals surface area contributed by atoms with Crippen LogP contribution in [0.1, 0.15) is 6.92 Å². The van der Waals surface area contributed by atoms with Gasteiger partial charge < -0.3 is 19.1 Å². The van der Waals surface area contributed by atoms with Gasteiger partial charge in [-0.15, -0.1) is 0 Å². The number of benzene rings is 1. The van der Waals surface area contributed by atoms with Gasteiger partial charge in [0.2, 0.25) is 6.10 Å². The molecule has 0 radical (unpaired) electrons. The third-order valence-electron chi connectivity index (χ3n) is 2.91. The topological polar surface area (TPSA) is 65.1 Å². The molecule has 6 heteroatoms. The number of carbonyl (C=O) groups is 2. The number of hydrogen-bond acceptors (Lipinski definition) is 5. The number of likely N-dealkylation sites (N-methyl/N-ethyl adjacent to an activating group) is 1. The highest BCUT2D eigenvalue weighted by atomic mass is 16.6. The van der Waals surface area contributed by atoms with E-state index in [2.05, 4.69) is 0 Å². The van der Waals surface area contributed by atoms with Crippen molar-refractivity contribution >= 4 is 11.9 Å². The standard InChI is InChI=1S/C14H17NO5/c1-9-13(14(17)18-8-12(16)15(2)3)20-11-7-5-4-6-10(11)19-9/h4-7,9,13H,8H2,1-3H3/t9-,13+/m0/s1. The van der Waals surface area contributed by atoms with Crippen LogP contribution in [0.3, 0.4) is 0 Å². The molecule has 0 unspecified atom stereocenters. The van der Waals surface area contributed by atoms with E-state index in [0.717, 1.165) is 0 Å². The van der Waals surface area contributed by atoms with Crippen LogP contribution in [-0.2, 0) is 14.3 Å². The maximum Gasteiger partial charge on any atom is 0.351 e. The third-order valence-corrected chi connectivity index (χ3v) is 2.91. The Morgan fingerprint density at radius 3 is 2.40 bits per heavy atom. The lowest BCUT2D eigenvalue weighted by molar-refractivity contribution is -0.162. The van der Waals surface area contributed by atoms with Crippen LogP contribution in [0.15, 0.2) is 24.3 Å². The predicted molar refractivity (Wildman–Crippen MR) is 70.6 cm³/mol. The van der Waals surface area contributed by atoms with Crippen LogP contribution in [0, 0.1) is 0 Å². The summed E-state index contributed by atoms with van der Waals surface area (Å²) in [6.45, 7) is 1.41. The van der Waals surface area contributed by atoms with Gasteiger partial charge in [-0.2, -0.15) is 0 Å². The normalized spacial score (nSPS) is 20.1. The molecule has 1 heterocycles. The third kappa shape index (κ3) is 3.01. The monoisotopic (exact) mass is 279 g/mol. The molecule has 0 fully saturated rings. The minimum Gasteiger partial charge on any atom is -0.482 e. The van der Waals surface area contributed by atoms with Crippen molar-refractivity contribution in [2.75, 3.05) is 20.7 Å². The SMILES string of the molecule is C[C@@H]1Oc2ccccc2O[C@H]1C(=O)OCC(=O)N(C)C. The van der Waals surface area contributed by atoms with Crippen LogP contribution in [0.5, 0.6) is 11.5 Å². The van der Waals surface area contributed by atoms with E-state index in [9.17, 15) is 9.59 Å². The van der Waals surface area contributed by atoms with Gasteiger partial charge >= 0.3 is 5.97 Å². The molecule has 6 nitrogen and oxygen atoms in total. The summed E-state index contributed by atoms with van der Waals surface area (Å²) in [4.78, 5) is 24.7. The summed E-state index contributed by atoms with van der Waals surface area (Å²) in [6, 6.07) is 7.09. The zero-order chi connectivity index (χ0) is 14.7. The van der Waals surface area contributed by atoms with Gasteiger partial charge in [0.1, 0.15) is 6.10 Å². The number of ether oxygens (including phenoxy) is 3. The summed E-state index contributed by atoms with van der Waals surface area (Å²) in [5, 5.41) is 0. The summed E-state index contributed by atoms with van der Waals surface area (Å²) < 4.78 is 16.1. The van der Waals surface area contributed by atoms with Gasteiger partial charge in [-0.1, -0.05) is 12.1 Å². The second-order valence-electron chi connectivity index (χ2n) is 4.70. The van der Waals surface area contributed by atoms with Crippen molar-refractivity contribution in [3.8, 4) is 11.5 Å². The first-order valence-electron chi connectivity index (χ1n) is 6.28. The first kappa shape index (κ1) is 14.2. The van der Waals surface area contributed by atoms with Crippen molar-refractivity contribution < 1.29 is 23.8 Å². The highest BCUT2D eigenvalue weighted by Crippen LogP contribution is 2.33. The summed E-state index contributed by atoms with van der Waals surface area (Å²) in [5.41, 5.74) is 0. The lowest BCUT2D eigenvalue weighted by atomic mass is 10.2. The van der Waals surface area contributed by atoms with Gasteiger partial charge in [-0.25, -0.2) is 4.79 Å². The number of esters is 1. The summed E-state index contributed by atoms with van der Waals surface area (Å²) >= 11 is 0. The van der Waals surface area contributed by atoms with Gasteiger partial charge in [0.15, 0.2) is 18.1 Å². The Balaban J connectivity index is 1.99. The van der Waals surface area contributed by atoms with Crippen LogP contribution < -0.4 is 9.47 Å². The highest BCUT2D eigenvalue weighted by Gasteiger charge is 2.35. The van der Waals surface area contributed by atoms with E-state index in [1.165, 1.54) is 4.90 Å². The molecule has 1 aromatic carbocycles. The Labute approximate surface area is 117 Å². The maximum atomic E-state index is 11.9. The fourth-order valence-corrected chi connectivity index (χ4v) is 1.72. The summed E-state index contributed by atoms with van der Waals surface area (Å²) in [6.07, 6.45) is -1.35. The van der Waals surface area contributed by atoms with E-state index in [-0.39, 0.29) is 12.5 Å². The molecule has 108 valence electrons. The van der Waals surface area contributed by atoms with E-state index in [4.69, 9.17) is 14.2 Å². The lowest BCUT2D eigenvalue weighted by Gasteiger charge is -2.30. The molecule has 0 N–H and O–H groups in total. The molecule has 0 bridgehead atoms. The van der Waals surface area contributed by atoms with Crippen LogP contribution in [0.2, 0.25) is 0 Å². The van der Waals surface area contributed by atoms with Gasteiger partial charge in [0.05, 0.1) is 0 Å². The van der Waals surface area contributed by atoms with E-state index in [0.29, 0.717) is 11.5 Å². The molecule has 0 saturated carbocycles.